The first-order chi connectivity index (χ1) is 31.0. The summed E-state index contributed by atoms with van der Waals surface area (Å²) >= 11 is 0. The number of unbranched alkanes of at least 4 members (excludes halogenated alkanes) is 29. The molecule has 63 heavy (non-hydrogen) atoms. The van der Waals surface area contributed by atoms with Gasteiger partial charge in [-0.15, -0.1) is 0 Å². The molecular weight excluding hydrogens is 767 g/mol. The van der Waals surface area contributed by atoms with E-state index in [1.165, 1.54) is 225 Å². The van der Waals surface area contributed by atoms with E-state index in [1.807, 2.05) is 0 Å². The van der Waals surface area contributed by atoms with Crippen LogP contribution >= 0.6 is 0 Å². The minimum absolute atomic E-state index is 0.0472. The zero-order chi connectivity index (χ0) is 45.8. The highest BCUT2D eigenvalue weighted by molar-refractivity contribution is 5.69. The Hall–Kier alpha value is -1.87. The van der Waals surface area contributed by atoms with Crippen LogP contribution in [-0.2, 0) is 9.53 Å². The zero-order valence-corrected chi connectivity index (χ0v) is 43.4. The molecule has 3 heteroatoms. The number of carbonyl (C=O) groups is 1. The van der Waals surface area contributed by atoms with Crippen molar-refractivity contribution < 1.29 is 9.53 Å². The fourth-order valence-electron chi connectivity index (χ4n) is 8.75. The van der Waals surface area contributed by atoms with Gasteiger partial charge in [-0.1, -0.05) is 210 Å². The predicted molar refractivity (Wildman–Crippen MR) is 284 cm³/mol. The fourth-order valence-corrected chi connectivity index (χ4v) is 8.75. The van der Waals surface area contributed by atoms with Gasteiger partial charge in [0.2, 0.25) is 0 Å². The summed E-state index contributed by atoms with van der Waals surface area (Å²) in [6.45, 7) is 7.77. The van der Waals surface area contributed by atoms with E-state index in [2.05, 4.69) is 101 Å². The van der Waals surface area contributed by atoms with E-state index < -0.39 is 0 Å². The van der Waals surface area contributed by atoms with Crippen LogP contribution in [0.15, 0.2) is 60.8 Å². The van der Waals surface area contributed by atoms with Gasteiger partial charge in [0.25, 0.3) is 0 Å². The monoisotopic (exact) mass is 878 g/mol. The highest BCUT2D eigenvalue weighted by Gasteiger charge is 2.33. The van der Waals surface area contributed by atoms with Crippen LogP contribution in [0, 0.1) is 0 Å². The van der Waals surface area contributed by atoms with Crippen LogP contribution in [-0.4, -0.2) is 37.1 Å². The number of hydrogen-bond acceptors (Lipinski definition) is 3. The maximum atomic E-state index is 13.5. The maximum Gasteiger partial charge on any atom is 0.306 e. The molecule has 0 bridgehead atoms. The van der Waals surface area contributed by atoms with E-state index in [-0.39, 0.29) is 11.6 Å². The van der Waals surface area contributed by atoms with Crippen molar-refractivity contribution in [2.24, 2.45) is 0 Å². The lowest BCUT2D eigenvalue weighted by molar-refractivity contribution is -0.163. The molecule has 0 saturated carbocycles. The highest BCUT2D eigenvalue weighted by Crippen LogP contribution is 2.34. The van der Waals surface area contributed by atoms with E-state index in [0.717, 1.165) is 45.1 Å². The molecule has 0 aromatic carbocycles. The summed E-state index contributed by atoms with van der Waals surface area (Å²) in [5.41, 5.74) is -0.277. The fraction of sp³-hybridized carbons (Fsp3) is 0.817. The van der Waals surface area contributed by atoms with Crippen molar-refractivity contribution in [3.8, 4) is 0 Å². The van der Waals surface area contributed by atoms with Gasteiger partial charge in [-0.2, -0.15) is 0 Å². The van der Waals surface area contributed by atoms with Gasteiger partial charge in [0.05, 0.1) is 0 Å². The number of ether oxygens (including phenoxy) is 1. The van der Waals surface area contributed by atoms with E-state index in [1.54, 1.807) is 0 Å². The van der Waals surface area contributed by atoms with Crippen LogP contribution in [0.1, 0.15) is 290 Å². The molecule has 0 amide bonds. The molecule has 368 valence electrons. The Morgan fingerprint density at radius 1 is 0.365 bits per heavy atom. The molecule has 0 aliphatic rings. The first-order valence-electron chi connectivity index (χ1n) is 28.1. The van der Waals surface area contributed by atoms with Crippen LogP contribution in [0.4, 0.5) is 0 Å². The first kappa shape index (κ1) is 61.1. The lowest BCUT2D eigenvalue weighted by Crippen LogP contribution is -2.35. The van der Waals surface area contributed by atoms with Crippen LogP contribution in [0.2, 0.25) is 0 Å². The molecule has 0 radical (unpaired) electrons. The van der Waals surface area contributed by atoms with Gasteiger partial charge in [0.15, 0.2) is 0 Å². The van der Waals surface area contributed by atoms with Gasteiger partial charge in [-0.3, -0.25) is 4.79 Å². The summed E-state index contributed by atoms with van der Waals surface area (Å²) in [6.07, 6.45) is 75.8. The summed E-state index contributed by atoms with van der Waals surface area (Å²) in [5.74, 6) is 0.0472. The van der Waals surface area contributed by atoms with E-state index in [0.29, 0.717) is 6.42 Å². The number of carbonyl (C=O) groups excluding carboxylic acids is 1. The second kappa shape index (κ2) is 51.1. The molecule has 0 unspecified atom stereocenters. The SMILES string of the molecule is CCCCC/C=C\C/C=C\CCCCCCCCC(CCCCCCCC/C=C\C/C=C\CCCCC)(CCCCCCCC/C=C\CCCCCCC)OC(=O)CCCN(C)C. The summed E-state index contributed by atoms with van der Waals surface area (Å²) in [7, 11) is 4.19. The molecule has 0 heterocycles. The van der Waals surface area contributed by atoms with Crippen molar-refractivity contribution >= 4 is 5.97 Å². The van der Waals surface area contributed by atoms with Crippen LogP contribution in [0.3, 0.4) is 0 Å². The molecule has 0 fully saturated rings. The quantitative estimate of drug-likeness (QED) is 0.0346. The van der Waals surface area contributed by atoms with E-state index in [9.17, 15) is 4.79 Å². The first-order valence-corrected chi connectivity index (χ1v) is 28.1. The van der Waals surface area contributed by atoms with Crippen molar-refractivity contribution in [1.29, 1.82) is 0 Å². The van der Waals surface area contributed by atoms with Gasteiger partial charge < -0.3 is 9.64 Å². The molecule has 0 saturated heterocycles. The molecule has 0 aliphatic heterocycles. The summed E-state index contributed by atoms with van der Waals surface area (Å²) < 4.78 is 6.70. The molecular formula is C60H111NO2. The molecule has 0 rings (SSSR count). The Labute approximate surface area is 396 Å². The van der Waals surface area contributed by atoms with E-state index >= 15 is 0 Å². The molecule has 0 N–H and O–H groups in total. The minimum atomic E-state index is -0.277. The number of esters is 1. The summed E-state index contributed by atoms with van der Waals surface area (Å²) in [4.78, 5) is 15.7. The molecule has 3 nitrogen and oxygen atoms in total. The van der Waals surface area contributed by atoms with Crippen LogP contribution in [0.25, 0.3) is 0 Å². The van der Waals surface area contributed by atoms with E-state index in [4.69, 9.17) is 4.74 Å². The molecule has 0 aromatic rings. The van der Waals surface area contributed by atoms with Crippen LogP contribution in [0.5, 0.6) is 0 Å². The third-order valence-electron chi connectivity index (χ3n) is 12.9. The number of allylic oxidation sites excluding steroid dienone is 10. The van der Waals surface area contributed by atoms with Crippen molar-refractivity contribution in [1.82, 2.24) is 4.90 Å². The van der Waals surface area contributed by atoms with Crippen molar-refractivity contribution in [2.45, 2.75) is 296 Å². The Morgan fingerprint density at radius 2 is 0.635 bits per heavy atom. The van der Waals surface area contributed by atoms with Gasteiger partial charge in [-0.05, 0) is 155 Å². The maximum absolute atomic E-state index is 13.5. The minimum Gasteiger partial charge on any atom is -0.459 e. The Balaban J connectivity index is 5.01. The molecule has 0 spiro atoms. The van der Waals surface area contributed by atoms with Gasteiger partial charge in [0, 0.05) is 6.42 Å². The van der Waals surface area contributed by atoms with Crippen molar-refractivity contribution in [3.05, 3.63) is 60.8 Å². The Morgan fingerprint density at radius 3 is 0.968 bits per heavy atom. The zero-order valence-electron chi connectivity index (χ0n) is 43.4. The predicted octanol–water partition coefficient (Wildman–Crippen LogP) is 20.1. The normalized spacial score (nSPS) is 12.6. The number of rotatable bonds is 50. The van der Waals surface area contributed by atoms with Crippen molar-refractivity contribution in [2.75, 3.05) is 20.6 Å². The lowest BCUT2D eigenvalue weighted by Gasteiger charge is -2.34. The van der Waals surface area contributed by atoms with Gasteiger partial charge in [0.1, 0.15) is 5.60 Å². The highest BCUT2D eigenvalue weighted by atomic mass is 16.6. The molecule has 0 aliphatic carbocycles. The third kappa shape index (κ3) is 47.9. The number of nitrogens with zero attached hydrogens (tertiary/aromatic N) is 1. The van der Waals surface area contributed by atoms with Crippen molar-refractivity contribution in [3.63, 3.8) is 0 Å². The Bertz CT molecular complexity index is 1020. The van der Waals surface area contributed by atoms with Gasteiger partial charge in [-0.25, -0.2) is 0 Å². The third-order valence-corrected chi connectivity index (χ3v) is 12.9. The average Bonchev–Trinajstić information content (AvgIpc) is 3.27. The summed E-state index contributed by atoms with van der Waals surface area (Å²) in [5, 5.41) is 0. The lowest BCUT2D eigenvalue weighted by atomic mass is 9.84. The molecule has 0 aromatic heterocycles. The van der Waals surface area contributed by atoms with Crippen LogP contribution < -0.4 is 0 Å². The second-order valence-electron chi connectivity index (χ2n) is 19.6. The average molecular weight is 879 g/mol. The largest absolute Gasteiger partial charge is 0.459 e. The Kier molecular flexibility index (Phi) is 49.6. The smallest absolute Gasteiger partial charge is 0.306 e. The standard InChI is InChI=1S/C60H111NO2/c1-6-9-12-15-18-21-24-27-30-33-36-39-42-45-48-51-56-60(63-59(62)54-53-58-61(4)5,55-50-47-44-41-38-35-32-29-26-23-20-17-14-11-8-3)57-52-49-46-43-40-37-34-31-28-25-22-19-16-13-10-7-2/h18-19,21-22,26-31H,6-17,20,23-25,32-58H2,1-5H3/b21-18-,22-19-,29-26-,30-27-,31-28-. The topological polar surface area (TPSA) is 29.5 Å². The summed E-state index contributed by atoms with van der Waals surface area (Å²) in [6, 6.07) is 0. The molecule has 0 atom stereocenters. The van der Waals surface area contributed by atoms with Gasteiger partial charge >= 0.3 is 5.97 Å². The second-order valence-corrected chi connectivity index (χ2v) is 19.6. The number of hydrogen-bond donors (Lipinski definition) is 0.